The van der Waals surface area contributed by atoms with E-state index in [1.54, 1.807) is 11.3 Å². The molecule has 1 aromatic heterocycles. The first-order chi connectivity index (χ1) is 8.25. The molecule has 1 aliphatic rings. The average Bonchev–Trinajstić information content (AvgIpc) is 2.82. The van der Waals surface area contributed by atoms with Crippen molar-refractivity contribution in [1.82, 2.24) is 10.3 Å². The molecule has 0 amide bonds. The molecule has 1 saturated carbocycles. The highest BCUT2D eigenvalue weighted by atomic mass is 32.1. The van der Waals surface area contributed by atoms with E-state index in [0.717, 1.165) is 30.8 Å². The maximum absolute atomic E-state index is 4.32. The van der Waals surface area contributed by atoms with E-state index in [-0.39, 0.29) is 0 Å². The third-order valence-corrected chi connectivity index (χ3v) is 4.59. The number of rotatable bonds is 5. The molecule has 3 heteroatoms. The van der Waals surface area contributed by atoms with Crippen molar-refractivity contribution in [2.75, 3.05) is 6.54 Å². The van der Waals surface area contributed by atoms with E-state index >= 15 is 0 Å². The lowest BCUT2D eigenvalue weighted by atomic mass is 9.79. The minimum atomic E-state index is 0.745. The SMILES string of the molecule is CC(C)C1CCCC(NCCc2cscn2)C1. The fraction of sp³-hybridized carbons (Fsp3) is 0.786. The van der Waals surface area contributed by atoms with Crippen LogP contribution in [0.1, 0.15) is 45.2 Å². The first-order valence-electron chi connectivity index (χ1n) is 6.86. The zero-order chi connectivity index (χ0) is 12.1. The van der Waals surface area contributed by atoms with Gasteiger partial charge in [-0.1, -0.05) is 26.7 Å². The van der Waals surface area contributed by atoms with Crippen LogP contribution in [0.15, 0.2) is 10.9 Å². The summed E-state index contributed by atoms with van der Waals surface area (Å²) in [4.78, 5) is 4.32. The Morgan fingerprint density at radius 3 is 3.06 bits per heavy atom. The Morgan fingerprint density at radius 2 is 2.35 bits per heavy atom. The van der Waals surface area contributed by atoms with Crippen LogP contribution in [0.3, 0.4) is 0 Å². The van der Waals surface area contributed by atoms with E-state index in [4.69, 9.17) is 0 Å². The van der Waals surface area contributed by atoms with Crippen LogP contribution in [0.25, 0.3) is 0 Å². The molecule has 96 valence electrons. The van der Waals surface area contributed by atoms with Gasteiger partial charge in [0.1, 0.15) is 0 Å². The van der Waals surface area contributed by atoms with E-state index in [1.165, 1.54) is 31.4 Å². The minimum absolute atomic E-state index is 0.745. The first-order valence-corrected chi connectivity index (χ1v) is 7.80. The van der Waals surface area contributed by atoms with Gasteiger partial charge in [0, 0.05) is 24.4 Å². The molecule has 1 heterocycles. The molecule has 0 bridgehead atoms. The van der Waals surface area contributed by atoms with Crippen LogP contribution in [0, 0.1) is 11.8 Å². The summed E-state index contributed by atoms with van der Waals surface area (Å²) in [6.45, 7) is 5.81. The molecule has 2 rings (SSSR count). The summed E-state index contributed by atoms with van der Waals surface area (Å²) >= 11 is 1.69. The molecule has 2 atom stereocenters. The van der Waals surface area contributed by atoms with Crippen molar-refractivity contribution in [2.24, 2.45) is 11.8 Å². The molecule has 2 unspecified atom stereocenters. The van der Waals surface area contributed by atoms with E-state index in [0.29, 0.717) is 0 Å². The maximum Gasteiger partial charge on any atom is 0.0794 e. The average molecular weight is 252 g/mol. The predicted octanol–water partition coefficient (Wildman–Crippen LogP) is 3.49. The number of hydrogen-bond acceptors (Lipinski definition) is 3. The van der Waals surface area contributed by atoms with Crippen LogP contribution in [0.4, 0.5) is 0 Å². The first kappa shape index (κ1) is 13.0. The normalized spacial score (nSPS) is 25.4. The second-order valence-corrected chi connectivity index (χ2v) is 6.27. The van der Waals surface area contributed by atoms with Crippen molar-refractivity contribution in [3.8, 4) is 0 Å². The van der Waals surface area contributed by atoms with Gasteiger partial charge in [0.25, 0.3) is 0 Å². The number of nitrogens with zero attached hydrogens (tertiary/aromatic N) is 1. The smallest absolute Gasteiger partial charge is 0.0794 e. The van der Waals surface area contributed by atoms with Crippen molar-refractivity contribution in [3.63, 3.8) is 0 Å². The number of nitrogens with one attached hydrogen (secondary N) is 1. The molecular weight excluding hydrogens is 228 g/mol. The standard InChI is InChI=1S/C14H24N2S/c1-11(2)12-4-3-5-13(8-12)15-7-6-14-9-17-10-16-14/h9-13,15H,3-8H2,1-2H3. The quantitative estimate of drug-likeness (QED) is 0.867. The van der Waals surface area contributed by atoms with E-state index in [1.807, 2.05) is 5.51 Å². The fourth-order valence-electron chi connectivity index (χ4n) is 2.78. The van der Waals surface area contributed by atoms with Crippen LogP contribution >= 0.6 is 11.3 Å². The van der Waals surface area contributed by atoms with Gasteiger partial charge >= 0.3 is 0 Å². The Kier molecular flexibility index (Phi) is 4.99. The molecule has 0 radical (unpaired) electrons. The molecule has 0 spiro atoms. The lowest BCUT2D eigenvalue weighted by Gasteiger charge is -2.32. The zero-order valence-electron chi connectivity index (χ0n) is 11.0. The molecule has 0 aliphatic heterocycles. The van der Waals surface area contributed by atoms with Gasteiger partial charge in [-0.25, -0.2) is 4.98 Å². The second kappa shape index (κ2) is 6.50. The van der Waals surface area contributed by atoms with Gasteiger partial charge < -0.3 is 5.32 Å². The van der Waals surface area contributed by atoms with Crippen molar-refractivity contribution in [2.45, 2.75) is 52.0 Å². The maximum atomic E-state index is 4.32. The van der Waals surface area contributed by atoms with E-state index < -0.39 is 0 Å². The van der Waals surface area contributed by atoms with Gasteiger partial charge in [0.15, 0.2) is 0 Å². The van der Waals surface area contributed by atoms with Crippen LogP contribution in [-0.2, 0) is 6.42 Å². The number of aromatic nitrogens is 1. The van der Waals surface area contributed by atoms with Crippen molar-refractivity contribution >= 4 is 11.3 Å². The van der Waals surface area contributed by atoms with Gasteiger partial charge in [-0.05, 0) is 24.7 Å². The highest BCUT2D eigenvalue weighted by Crippen LogP contribution is 2.29. The summed E-state index contributed by atoms with van der Waals surface area (Å²) in [7, 11) is 0. The Labute approximate surface area is 109 Å². The molecule has 1 N–H and O–H groups in total. The Hall–Kier alpha value is -0.410. The third kappa shape index (κ3) is 4.07. The molecule has 0 aromatic carbocycles. The lowest BCUT2D eigenvalue weighted by Crippen LogP contribution is -2.36. The largest absolute Gasteiger partial charge is 0.314 e. The highest BCUT2D eigenvalue weighted by molar-refractivity contribution is 7.07. The van der Waals surface area contributed by atoms with Gasteiger partial charge in [-0.15, -0.1) is 11.3 Å². The Bertz CT molecular complexity index is 308. The lowest BCUT2D eigenvalue weighted by molar-refractivity contribution is 0.232. The van der Waals surface area contributed by atoms with Crippen LogP contribution in [0.5, 0.6) is 0 Å². The Morgan fingerprint density at radius 1 is 1.47 bits per heavy atom. The molecule has 17 heavy (non-hydrogen) atoms. The molecule has 0 saturated heterocycles. The van der Waals surface area contributed by atoms with Crippen LogP contribution < -0.4 is 5.32 Å². The molecule has 1 aliphatic carbocycles. The van der Waals surface area contributed by atoms with Crippen LogP contribution in [-0.4, -0.2) is 17.6 Å². The highest BCUT2D eigenvalue weighted by Gasteiger charge is 2.23. The van der Waals surface area contributed by atoms with Crippen molar-refractivity contribution in [1.29, 1.82) is 0 Å². The minimum Gasteiger partial charge on any atom is -0.314 e. The van der Waals surface area contributed by atoms with Gasteiger partial charge in [0.2, 0.25) is 0 Å². The zero-order valence-corrected chi connectivity index (χ0v) is 11.8. The third-order valence-electron chi connectivity index (χ3n) is 3.96. The summed E-state index contributed by atoms with van der Waals surface area (Å²) < 4.78 is 0. The summed E-state index contributed by atoms with van der Waals surface area (Å²) in [6, 6.07) is 0.745. The fourth-order valence-corrected chi connectivity index (χ4v) is 3.38. The summed E-state index contributed by atoms with van der Waals surface area (Å²) in [6.07, 6.45) is 6.64. The summed E-state index contributed by atoms with van der Waals surface area (Å²) in [5.41, 5.74) is 3.16. The summed E-state index contributed by atoms with van der Waals surface area (Å²) in [5.74, 6) is 1.78. The van der Waals surface area contributed by atoms with Gasteiger partial charge in [-0.3, -0.25) is 0 Å². The molecule has 2 nitrogen and oxygen atoms in total. The predicted molar refractivity (Wildman–Crippen MR) is 74.4 cm³/mol. The number of hydrogen-bond donors (Lipinski definition) is 1. The number of thiazole rings is 1. The van der Waals surface area contributed by atoms with Crippen molar-refractivity contribution in [3.05, 3.63) is 16.6 Å². The Balaban J connectivity index is 1.68. The topological polar surface area (TPSA) is 24.9 Å². The molecule has 1 aromatic rings. The monoisotopic (exact) mass is 252 g/mol. The molecule has 1 fully saturated rings. The summed E-state index contributed by atoms with van der Waals surface area (Å²) in [5, 5.41) is 5.86. The van der Waals surface area contributed by atoms with Crippen LogP contribution in [0.2, 0.25) is 0 Å². The van der Waals surface area contributed by atoms with E-state index in [9.17, 15) is 0 Å². The van der Waals surface area contributed by atoms with Gasteiger partial charge in [0.05, 0.1) is 11.2 Å². The molecular formula is C14H24N2S. The van der Waals surface area contributed by atoms with Crippen molar-refractivity contribution < 1.29 is 0 Å². The second-order valence-electron chi connectivity index (χ2n) is 5.55. The van der Waals surface area contributed by atoms with E-state index in [2.05, 4.69) is 29.5 Å². The van der Waals surface area contributed by atoms with Gasteiger partial charge in [-0.2, -0.15) is 0 Å².